The number of para-hydroxylation sites is 1. The van der Waals surface area contributed by atoms with Crippen LogP contribution in [0.2, 0.25) is 0 Å². The van der Waals surface area contributed by atoms with Gasteiger partial charge < -0.3 is 9.73 Å². The minimum atomic E-state index is 0.226. The van der Waals surface area contributed by atoms with Gasteiger partial charge in [-0.05, 0) is 30.5 Å². The number of hydrogen-bond acceptors (Lipinski definition) is 3. The van der Waals surface area contributed by atoms with E-state index in [2.05, 4.69) is 54.9 Å². The molecule has 1 aromatic carbocycles. The summed E-state index contributed by atoms with van der Waals surface area (Å²) < 4.78 is 6.07. The zero-order chi connectivity index (χ0) is 14.7. The lowest BCUT2D eigenvalue weighted by Gasteiger charge is -2.18. The Balaban J connectivity index is 2.13. The first-order valence-electron chi connectivity index (χ1n) is 7.62. The average Bonchev–Trinajstić information content (AvgIpc) is 3.16. The molecule has 0 aliphatic carbocycles. The first-order valence-corrected chi connectivity index (χ1v) is 8.50. The second-order valence-electron chi connectivity index (χ2n) is 5.19. The zero-order valence-corrected chi connectivity index (χ0v) is 13.4. The van der Waals surface area contributed by atoms with Gasteiger partial charge in [0.25, 0.3) is 0 Å². The Morgan fingerprint density at radius 2 is 2.00 bits per heavy atom. The van der Waals surface area contributed by atoms with Crippen LogP contribution in [-0.4, -0.2) is 6.54 Å². The van der Waals surface area contributed by atoms with Crippen LogP contribution in [0.4, 0.5) is 0 Å². The standard InChI is InChI=1S/C18H21NOS/c1-3-11-19-18(16-10-7-12-21-16)17-13-8-5-6-9-15(13)20-14(17)4-2/h5-10,12,18-19H,3-4,11H2,1-2H3. The first kappa shape index (κ1) is 14.4. The second-order valence-corrected chi connectivity index (χ2v) is 6.17. The van der Waals surface area contributed by atoms with E-state index in [1.807, 2.05) is 6.07 Å². The van der Waals surface area contributed by atoms with Crippen molar-refractivity contribution in [2.45, 2.75) is 32.7 Å². The predicted octanol–water partition coefficient (Wildman–Crippen LogP) is 5.15. The molecule has 3 aromatic rings. The van der Waals surface area contributed by atoms with Crippen LogP contribution in [0.15, 0.2) is 46.2 Å². The summed E-state index contributed by atoms with van der Waals surface area (Å²) in [6, 6.07) is 12.9. The van der Waals surface area contributed by atoms with Crippen molar-refractivity contribution in [1.82, 2.24) is 5.32 Å². The van der Waals surface area contributed by atoms with Crippen LogP contribution in [0.25, 0.3) is 11.0 Å². The summed E-state index contributed by atoms with van der Waals surface area (Å²) in [5.74, 6) is 1.10. The molecule has 0 fully saturated rings. The molecular formula is C18H21NOS. The molecule has 21 heavy (non-hydrogen) atoms. The van der Waals surface area contributed by atoms with Crippen molar-refractivity contribution in [1.29, 1.82) is 0 Å². The number of fused-ring (bicyclic) bond motifs is 1. The van der Waals surface area contributed by atoms with Gasteiger partial charge in [0.1, 0.15) is 11.3 Å². The summed E-state index contributed by atoms with van der Waals surface area (Å²) in [6.07, 6.45) is 2.04. The molecule has 2 nitrogen and oxygen atoms in total. The molecule has 0 saturated carbocycles. The quantitative estimate of drug-likeness (QED) is 0.681. The van der Waals surface area contributed by atoms with Gasteiger partial charge in [-0.15, -0.1) is 11.3 Å². The maximum absolute atomic E-state index is 6.07. The minimum absolute atomic E-state index is 0.226. The van der Waals surface area contributed by atoms with Gasteiger partial charge in [0.2, 0.25) is 0 Å². The topological polar surface area (TPSA) is 25.2 Å². The summed E-state index contributed by atoms with van der Waals surface area (Å²) in [5.41, 5.74) is 2.30. The Kier molecular flexibility index (Phi) is 4.42. The Labute approximate surface area is 129 Å². The number of thiophene rings is 1. The number of furan rings is 1. The van der Waals surface area contributed by atoms with Crippen LogP contribution in [0.3, 0.4) is 0 Å². The third kappa shape index (κ3) is 2.76. The molecule has 0 aliphatic heterocycles. The lowest BCUT2D eigenvalue weighted by Crippen LogP contribution is -2.23. The van der Waals surface area contributed by atoms with E-state index in [4.69, 9.17) is 4.42 Å². The van der Waals surface area contributed by atoms with Gasteiger partial charge >= 0.3 is 0 Å². The number of aryl methyl sites for hydroxylation is 1. The lowest BCUT2D eigenvalue weighted by atomic mass is 10.00. The molecule has 0 aliphatic rings. The highest BCUT2D eigenvalue weighted by Gasteiger charge is 2.23. The second kappa shape index (κ2) is 6.46. The first-order chi connectivity index (χ1) is 10.3. The zero-order valence-electron chi connectivity index (χ0n) is 12.6. The highest BCUT2D eigenvalue weighted by Crippen LogP contribution is 2.36. The Bertz CT molecular complexity index is 699. The van der Waals surface area contributed by atoms with Crippen molar-refractivity contribution in [3.8, 4) is 0 Å². The van der Waals surface area contributed by atoms with Gasteiger partial charge in [0.05, 0.1) is 6.04 Å². The summed E-state index contributed by atoms with van der Waals surface area (Å²) >= 11 is 1.80. The number of nitrogens with one attached hydrogen (secondary N) is 1. The van der Waals surface area contributed by atoms with Crippen molar-refractivity contribution >= 4 is 22.3 Å². The molecule has 0 bridgehead atoms. The van der Waals surface area contributed by atoms with E-state index < -0.39 is 0 Å². The average molecular weight is 299 g/mol. The smallest absolute Gasteiger partial charge is 0.134 e. The fourth-order valence-electron chi connectivity index (χ4n) is 2.78. The van der Waals surface area contributed by atoms with Crippen LogP contribution in [-0.2, 0) is 6.42 Å². The predicted molar refractivity (Wildman–Crippen MR) is 90.0 cm³/mol. The van der Waals surface area contributed by atoms with Crippen molar-refractivity contribution in [3.05, 3.63) is 58.0 Å². The molecule has 0 saturated heterocycles. The van der Waals surface area contributed by atoms with E-state index in [0.29, 0.717) is 0 Å². The maximum atomic E-state index is 6.07. The summed E-state index contributed by atoms with van der Waals surface area (Å²) in [6.45, 7) is 5.37. The Morgan fingerprint density at radius 3 is 2.71 bits per heavy atom. The van der Waals surface area contributed by atoms with E-state index in [0.717, 1.165) is 30.7 Å². The molecule has 0 spiro atoms. The Hall–Kier alpha value is -1.58. The molecule has 2 heterocycles. The van der Waals surface area contributed by atoms with Crippen molar-refractivity contribution in [3.63, 3.8) is 0 Å². The van der Waals surface area contributed by atoms with E-state index >= 15 is 0 Å². The van der Waals surface area contributed by atoms with Gasteiger partial charge in [-0.1, -0.05) is 38.1 Å². The largest absolute Gasteiger partial charge is 0.461 e. The monoisotopic (exact) mass is 299 g/mol. The number of rotatable bonds is 6. The fourth-order valence-corrected chi connectivity index (χ4v) is 3.59. The molecule has 1 N–H and O–H groups in total. The summed E-state index contributed by atoms with van der Waals surface area (Å²) in [7, 11) is 0. The van der Waals surface area contributed by atoms with Crippen LogP contribution >= 0.6 is 11.3 Å². The van der Waals surface area contributed by atoms with E-state index in [1.54, 1.807) is 11.3 Å². The van der Waals surface area contributed by atoms with Gasteiger partial charge in [-0.2, -0.15) is 0 Å². The van der Waals surface area contributed by atoms with Crippen LogP contribution in [0, 0.1) is 0 Å². The third-order valence-electron chi connectivity index (χ3n) is 3.75. The van der Waals surface area contributed by atoms with E-state index in [9.17, 15) is 0 Å². The Morgan fingerprint density at radius 1 is 1.14 bits per heavy atom. The molecule has 1 atom stereocenters. The van der Waals surface area contributed by atoms with E-state index in [1.165, 1.54) is 15.8 Å². The molecular weight excluding hydrogens is 278 g/mol. The maximum Gasteiger partial charge on any atom is 0.134 e. The van der Waals surface area contributed by atoms with Gasteiger partial charge in [-0.3, -0.25) is 0 Å². The van der Waals surface area contributed by atoms with Crippen molar-refractivity contribution < 1.29 is 4.42 Å². The molecule has 110 valence electrons. The lowest BCUT2D eigenvalue weighted by molar-refractivity contribution is 0.531. The fraction of sp³-hybridized carbons (Fsp3) is 0.333. The van der Waals surface area contributed by atoms with E-state index in [-0.39, 0.29) is 6.04 Å². The molecule has 3 heteroatoms. The SMILES string of the molecule is CCCNC(c1cccs1)c1c(CC)oc2ccccc12. The van der Waals surface area contributed by atoms with Crippen LogP contribution in [0.1, 0.15) is 42.5 Å². The van der Waals surface area contributed by atoms with Crippen molar-refractivity contribution in [2.75, 3.05) is 6.54 Å². The molecule has 2 aromatic heterocycles. The highest BCUT2D eigenvalue weighted by molar-refractivity contribution is 7.10. The van der Waals surface area contributed by atoms with Crippen LogP contribution in [0.5, 0.6) is 0 Å². The number of hydrogen-bond donors (Lipinski definition) is 1. The van der Waals surface area contributed by atoms with Gasteiger partial charge in [-0.25, -0.2) is 0 Å². The minimum Gasteiger partial charge on any atom is -0.461 e. The molecule has 1 unspecified atom stereocenters. The molecule has 0 radical (unpaired) electrons. The highest BCUT2D eigenvalue weighted by atomic mass is 32.1. The molecule has 3 rings (SSSR count). The van der Waals surface area contributed by atoms with Gasteiger partial charge in [0.15, 0.2) is 0 Å². The third-order valence-corrected chi connectivity index (χ3v) is 4.68. The van der Waals surface area contributed by atoms with Crippen molar-refractivity contribution in [2.24, 2.45) is 0 Å². The summed E-state index contributed by atoms with van der Waals surface area (Å²) in [5, 5.41) is 7.07. The van der Waals surface area contributed by atoms with Gasteiger partial charge in [0, 0.05) is 22.2 Å². The molecule has 0 amide bonds. The van der Waals surface area contributed by atoms with Crippen LogP contribution < -0.4 is 5.32 Å². The summed E-state index contributed by atoms with van der Waals surface area (Å²) in [4.78, 5) is 1.35. The number of benzene rings is 1. The normalized spacial score (nSPS) is 12.9.